The van der Waals surface area contributed by atoms with Crippen molar-refractivity contribution >= 4 is 59.7 Å². The van der Waals surface area contributed by atoms with Gasteiger partial charge in [-0.1, -0.05) is 36.4 Å². The fraction of sp³-hybridized carbons (Fsp3) is 0.0417. The zero-order chi connectivity index (χ0) is 18.0. The van der Waals surface area contributed by atoms with Crippen molar-refractivity contribution in [3.63, 3.8) is 0 Å². The number of hydrogen-bond acceptors (Lipinski definition) is 2. The average molecular weight is 462 g/mol. The van der Waals surface area contributed by atoms with E-state index in [1.54, 1.807) is 0 Å². The number of fused-ring (bicyclic) bond motifs is 6. The van der Waals surface area contributed by atoms with Crippen molar-refractivity contribution in [3.05, 3.63) is 78.9 Å². The summed E-state index contributed by atoms with van der Waals surface area (Å²) in [7, 11) is 0. The molecular weight excluding hydrogens is 447 g/mol. The van der Waals surface area contributed by atoms with Gasteiger partial charge in [0.05, 0.1) is 0 Å². The molecule has 0 bridgehead atoms. The lowest BCUT2D eigenvalue weighted by Gasteiger charge is -2.02. The van der Waals surface area contributed by atoms with E-state index < -0.39 is 0 Å². The first-order chi connectivity index (χ1) is 13.3. The summed E-state index contributed by atoms with van der Waals surface area (Å²) in [5, 5.41) is 4.81. The zero-order valence-electron chi connectivity index (χ0n) is 14.6. The van der Waals surface area contributed by atoms with Gasteiger partial charge in [-0.15, -0.1) is 0 Å². The van der Waals surface area contributed by atoms with Crippen LogP contribution in [0.3, 0.4) is 0 Å². The van der Waals surface area contributed by atoms with Crippen LogP contribution in [0.1, 0.15) is 5.56 Å². The smallest absolute Gasteiger partial charge is 0.166 e. The Morgan fingerprint density at radius 1 is 0.778 bits per heavy atom. The van der Waals surface area contributed by atoms with Gasteiger partial charge in [-0.05, 0) is 78.8 Å². The van der Waals surface area contributed by atoms with Gasteiger partial charge in [0.15, 0.2) is 3.35 Å². The molecule has 1 aliphatic rings. The minimum Gasteiger partial charge on any atom is -0.456 e. The molecule has 0 atom stereocenters. The van der Waals surface area contributed by atoms with E-state index >= 15 is 0 Å². The average Bonchev–Trinajstić information content (AvgIpc) is 3.26. The van der Waals surface area contributed by atoms with E-state index in [1.807, 2.05) is 0 Å². The van der Waals surface area contributed by atoms with Gasteiger partial charge >= 0.3 is 0 Å². The molecule has 0 unspecified atom stereocenters. The third-order valence-corrected chi connectivity index (χ3v) is 7.35. The molecule has 5 aromatic rings. The van der Waals surface area contributed by atoms with Crippen molar-refractivity contribution in [1.82, 2.24) is 0 Å². The number of aryl methyl sites for hydroxylation is 1. The van der Waals surface area contributed by atoms with Crippen LogP contribution in [-0.4, -0.2) is 0 Å². The maximum atomic E-state index is 6.08. The molecule has 130 valence electrons. The molecule has 0 saturated carbocycles. The highest BCUT2D eigenvalue weighted by Gasteiger charge is 2.11. The van der Waals surface area contributed by atoms with E-state index in [1.165, 1.54) is 38.1 Å². The van der Waals surface area contributed by atoms with Gasteiger partial charge in [0.25, 0.3) is 0 Å². The summed E-state index contributed by atoms with van der Waals surface area (Å²) in [4.78, 5) is 0. The minimum atomic E-state index is -0.150. The molecule has 0 N–H and O–H groups in total. The van der Waals surface area contributed by atoms with E-state index in [0.717, 1.165) is 20.1 Å². The molecule has 0 aliphatic carbocycles. The maximum Gasteiger partial charge on any atom is 0.166 e. The molecule has 3 heterocycles. The Hall–Kier alpha value is -2.66. The van der Waals surface area contributed by atoms with Crippen LogP contribution in [0.4, 0.5) is 0 Å². The first-order valence-corrected chi connectivity index (χ1v) is 11.2. The Kier molecular flexibility index (Phi) is 3.23. The van der Waals surface area contributed by atoms with Crippen molar-refractivity contribution in [2.45, 2.75) is 6.92 Å². The molecule has 0 amide bonds. The minimum absolute atomic E-state index is 0.150. The van der Waals surface area contributed by atoms with Gasteiger partial charge in [-0.2, -0.15) is 0 Å². The van der Waals surface area contributed by atoms with Gasteiger partial charge in [0.1, 0.15) is 16.7 Å². The van der Waals surface area contributed by atoms with E-state index in [-0.39, 0.29) is 20.7 Å². The second-order valence-electron chi connectivity index (χ2n) is 6.86. The summed E-state index contributed by atoms with van der Waals surface area (Å²) in [6.07, 6.45) is 4.33. The fourth-order valence-corrected chi connectivity index (χ4v) is 5.76. The van der Waals surface area contributed by atoms with E-state index in [2.05, 4.69) is 77.8 Å². The SMILES string of the molecule is Cc1cccc2c1oc1ccc(-c3ccc4oc5c(c4c3)=CC=CI=5)cc12. The van der Waals surface area contributed by atoms with E-state index in [4.69, 9.17) is 8.83 Å². The Morgan fingerprint density at radius 3 is 2.41 bits per heavy atom. The fourth-order valence-electron chi connectivity index (χ4n) is 3.85. The lowest BCUT2D eigenvalue weighted by atomic mass is 10.0. The second-order valence-corrected chi connectivity index (χ2v) is 9.18. The van der Waals surface area contributed by atoms with Crippen molar-refractivity contribution in [2.24, 2.45) is 0 Å². The monoisotopic (exact) mass is 462 g/mol. The Balaban J connectivity index is 1.61. The summed E-state index contributed by atoms with van der Waals surface area (Å²) in [5.41, 5.74) is 6.47. The molecule has 0 saturated heterocycles. The lowest BCUT2D eigenvalue weighted by Crippen LogP contribution is -1.97. The normalized spacial score (nSPS) is 13.4. The number of furan rings is 2. The standard InChI is InChI=1S/C24H15IO2/c1-14-4-2-5-17-19-12-15(7-9-21(19)26-23(14)17)16-8-10-22-20(13-16)18-6-3-11-25-24(18)27-22/h2-13H,1H3. The van der Waals surface area contributed by atoms with Gasteiger partial charge in [-0.3, -0.25) is 0 Å². The van der Waals surface area contributed by atoms with Crippen LogP contribution in [0.5, 0.6) is 0 Å². The highest BCUT2D eigenvalue weighted by Crippen LogP contribution is 2.34. The van der Waals surface area contributed by atoms with Gasteiger partial charge < -0.3 is 8.83 Å². The quantitative estimate of drug-likeness (QED) is 0.255. The Morgan fingerprint density at radius 2 is 1.56 bits per heavy atom. The third-order valence-electron chi connectivity index (χ3n) is 5.21. The lowest BCUT2D eigenvalue weighted by molar-refractivity contribution is 0.599. The van der Waals surface area contributed by atoms with Crippen LogP contribution in [0.2, 0.25) is 0 Å². The van der Waals surface area contributed by atoms with Crippen LogP contribution in [-0.2, 0) is 0 Å². The Bertz CT molecular complexity index is 1530. The molecule has 1 aliphatic heterocycles. The van der Waals surface area contributed by atoms with Gasteiger partial charge in [-0.25, -0.2) is 0 Å². The van der Waals surface area contributed by atoms with Crippen LogP contribution in [0, 0.1) is 10.3 Å². The molecule has 2 nitrogen and oxygen atoms in total. The number of allylic oxidation sites excluding steroid dienone is 1. The zero-order valence-corrected chi connectivity index (χ0v) is 16.8. The largest absolute Gasteiger partial charge is 0.456 e. The highest BCUT2D eigenvalue weighted by atomic mass is 127. The van der Waals surface area contributed by atoms with Gasteiger partial charge in [0.2, 0.25) is 0 Å². The molecule has 0 radical (unpaired) electrons. The molecule has 3 heteroatoms. The van der Waals surface area contributed by atoms with Gasteiger partial charge in [0, 0.05) is 21.4 Å². The van der Waals surface area contributed by atoms with E-state index in [9.17, 15) is 0 Å². The predicted octanol–water partition coefficient (Wildman–Crippen LogP) is 6.84. The van der Waals surface area contributed by atoms with E-state index in [0.29, 0.717) is 0 Å². The third kappa shape index (κ3) is 2.28. The molecule has 2 aromatic heterocycles. The molecule has 6 rings (SSSR count). The molecular formula is C24H15IO2. The first-order valence-electron chi connectivity index (χ1n) is 8.90. The van der Waals surface area contributed by atoms with Crippen LogP contribution in [0.15, 0.2) is 73.6 Å². The van der Waals surface area contributed by atoms with Crippen LogP contribution < -0.4 is 5.22 Å². The number of halogens is 1. The summed E-state index contributed by atoms with van der Waals surface area (Å²) in [5.74, 6) is 0. The molecule has 0 fully saturated rings. The summed E-state index contributed by atoms with van der Waals surface area (Å²) in [6.45, 7) is 2.09. The van der Waals surface area contributed by atoms with Crippen LogP contribution in [0.25, 0.3) is 50.1 Å². The number of benzene rings is 3. The van der Waals surface area contributed by atoms with Crippen molar-refractivity contribution in [1.29, 1.82) is 0 Å². The summed E-state index contributed by atoms with van der Waals surface area (Å²) >= 11 is -0.150. The second kappa shape index (κ2) is 5.67. The molecule has 0 spiro atoms. The highest BCUT2D eigenvalue weighted by molar-refractivity contribution is 14.2. The van der Waals surface area contributed by atoms with Crippen LogP contribution >= 0.6 is 20.7 Å². The van der Waals surface area contributed by atoms with Crippen molar-refractivity contribution < 1.29 is 8.83 Å². The predicted molar refractivity (Wildman–Crippen MR) is 120 cm³/mol. The first kappa shape index (κ1) is 15.4. The number of para-hydroxylation sites is 1. The Labute approximate surface area is 165 Å². The number of rotatable bonds is 1. The topological polar surface area (TPSA) is 26.3 Å². The summed E-state index contributed by atoms with van der Waals surface area (Å²) in [6, 6.07) is 19.3. The molecule has 3 aromatic carbocycles. The maximum absolute atomic E-state index is 6.08. The molecule has 27 heavy (non-hydrogen) atoms. The summed E-state index contributed by atoms with van der Waals surface area (Å²) < 4.78 is 15.5. The van der Waals surface area contributed by atoms with Crippen molar-refractivity contribution in [2.75, 3.05) is 0 Å². The van der Waals surface area contributed by atoms with Crippen molar-refractivity contribution in [3.8, 4) is 11.1 Å². The number of hydrogen-bond donors (Lipinski definition) is 0.